The number of benzene rings is 3. The van der Waals surface area contributed by atoms with Crippen LogP contribution in [0.2, 0.25) is 23.7 Å². The summed E-state index contributed by atoms with van der Waals surface area (Å²) < 4.78 is 25.0. The lowest BCUT2D eigenvalue weighted by Crippen LogP contribution is -2.45. The van der Waals surface area contributed by atoms with Crippen LogP contribution in [0.15, 0.2) is 79.0 Å². The van der Waals surface area contributed by atoms with Crippen molar-refractivity contribution in [1.82, 2.24) is 20.3 Å². The van der Waals surface area contributed by atoms with Gasteiger partial charge in [-0.15, -0.1) is 5.10 Å². The van der Waals surface area contributed by atoms with Crippen molar-refractivity contribution in [2.75, 3.05) is 23.4 Å². The van der Waals surface area contributed by atoms with E-state index in [2.05, 4.69) is 20.9 Å². The Labute approximate surface area is 303 Å². The molecule has 10 nitrogen and oxygen atoms in total. The van der Waals surface area contributed by atoms with Crippen LogP contribution in [0.4, 0.5) is 15.5 Å². The van der Waals surface area contributed by atoms with Crippen LogP contribution >= 0.6 is 11.6 Å². The number of nitrogens with zero attached hydrogens (tertiary/aromatic N) is 4. The van der Waals surface area contributed by atoms with Crippen molar-refractivity contribution < 1.29 is 23.5 Å². The Kier molecular flexibility index (Phi) is 9.89. The van der Waals surface area contributed by atoms with E-state index in [4.69, 9.17) is 16.3 Å². The molecule has 0 radical (unpaired) electrons. The first kappa shape index (κ1) is 35.5. The Hall–Kier alpha value is -3.94. The molecule has 0 aliphatic carbocycles. The average molecular weight is 731 g/mol. The third-order valence-corrected chi connectivity index (χ3v) is 13.5. The quantitative estimate of drug-likeness (QED) is 0.125. The zero-order valence-corrected chi connectivity index (χ0v) is 30.8. The molecule has 268 valence electrons. The number of hydrogen-bond donors (Lipinski definition) is 3. The van der Waals surface area contributed by atoms with Gasteiger partial charge in [0.05, 0.1) is 42.6 Å². The van der Waals surface area contributed by atoms with Gasteiger partial charge >= 0.3 is 0 Å². The number of ether oxygens (including phenoxy) is 1. The summed E-state index contributed by atoms with van der Waals surface area (Å²) in [5.74, 6) is -1.12. The van der Waals surface area contributed by atoms with Gasteiger partial charge in [0.1, 0.15) is 0 Å². The van der Waals surface area contributed by atoms with E-state index in [9.17, 15) is 14.7 Å². The Morgan fingerprint density at radius 1 is 1.18 bits per heavy atom. The Morgan fingerprint density at radius 2 is 1.98 bits per heavy atom. The maximum atomic E-state index is 16.4. The van der Waals surface area contributed by atoms with Crippen molar-refractivity contribution in [1.29, 1.82) is 0 Å². The minimum absolute atomic E-state index is 0.0735. The van der Waals surface area contributed by atoms with Crippen molar-refractivity contribution in [2.24, 2.45) is 5.92 Å². The van der Waals surface area contributed by atoms with Gasteiger partial charge in [-0.1, -0.05) is 66.2 Å². The fourth-order valence-corrected chi connectivity index (χ4v) is 11.1. The highest BCUT2D eigenvalue weighted by Gasteiger charge is 2.66. The number of aryl methyl sites for hydroxylation is 1. The number of anilines is 2. The molecule has 1 aromatic heterocycles. The van der Waals surface area contributed by atoms with Crippen LogP contribution in [-0.2, 0) is 33.0 Å². The van der Waals surface area contributed by atoms with E-state index in [-0.39, 0.29) is 36.9 Å². The summed E-state index contributed by atoms with van der Waals surface area (Å²) in [6, 6.07) is 22.3. The highest BCUT2D eigenvalue weighted by molar-refractivity contribution is 6.72. The molecule has 51 heavy (non-hydrogen) atoms. The molecule has 3 N–H and O–H groups in total. The van der Waals surface area contributed by atoms with Crippen LogP contribution in [0.25, 0.3) is 0 Å². The van der Waals surface area contributed by atoms with Gasteiger partial charge in [0.25, 0.3) is 5.91 Å². The summed E-state index contributed by atoms with van der Waals surface area (Å²) in [6.45, 7) is 6.62. The van der Waals surface area contributed by atoms with Crippen molar-refractivity contribution in [3.8, 4) is 0 Å². The lowest BCUT2D eigenvalue weighted by molar-refractivity contribution is -0.146. The molecule has 2 fully saturated rings. The topological polar surface area (TPSA) is 122 Å². The molecule has 3 aliphatic rings. The van der Waals surface area contributed by atoms with Gasteiger partial charge in [0, 0.05) is 40.5 Å². The van der Waals surface area contributed by atoms with Gasteiger partial charge < -0.3 is 29.5 Å². The number of carbonyl (C=O) groups excluding carboxylic acids is 2. The third-order valence-electron chi connectivity index (χ3n) is 10.8. The molecule has 0 bridgehead atoms. The van der Waals surface area contributed by atoms with Gasteiger partial charge in [-0.3, -0.25) is 14.3 Å². The molecule has 3 aliphatic heterocycles. The zero-order valence-electron chi connectivity index (χ0n) is 29.1. The third kappa shape index (κ3) is 6.75. The monoisotopic (exact) mass is 730 g/mol. The Morgan fingerprint density at radius 3 is 2.71 bits per heavy atom. The number of aliphatic hydroxyl groups is 1. The second-order valence-corrected chi connectivity index (χ2v) is 18.7. The molecular weight excluding hydrogens is 687 g/mol. The number of halogens is 2. The molecule has 4 heterocycles. The van der Waals surface area contributed by atoms with E-state index in [1.165, 1.54) is 0 Å². The molecule has 13 heteroatoms. The predicted octanol–water partition coefficient (Wildman–Crippen LogP) is 6.16. The van der Waals surface area contributed by atoms with Crippen molar-refractivity contribution in [2.45, 2.75) is 81.6 Å². The highest BCUT2D eigenvalue weighted by atomic mass is 35.5. The number of rotatable bonds is 11. The smallest absolute Gasteiger partial charge is 0.264 e. The minimum atomic E-state index is -3.39. The van der Waals surface area contributed by atoms with Crippen LogP contribution in [0.1, 0.15) is 54.5 Å². The fourth-order valence-electron chi connectivity index (χ4n) is 8.41. The van der Waals surface area contributed by atoms with E-state index in [0.717, 1.165) is 30.5 Å². The zero-order chi connectivity index (χ0) is 35.9. The summed E-state index contributed by atoms with van der Waals surface area (Å²) in [5.41, 5.74) is 2.47. The summed E-state index contributed by atoms with van der Waals surface area (Å²) >= 11 is 6.57. The van der Waals surface area contributed by atoms with Gasteiger partial charge in [0.15, 0.2) is 5.60 Å². The molecule has 7 rings (SSSR count). The number of aliphatic hydroxyl groups excluding tert-OH is 1. The molecule has 6 atom stereocenters. The first-order chi connectivity index (χ1) is 24.5. The minimum Gasteiger partial charge on any atom is -0.395 e. The normalized spacial score (nSPS) is 25.1. The molecule has 1 spiro atoms. The van der Waals surface area contributed by atoms with Gasteiger partial charge in [0.2, 0.25) is 14.3 Å². The van der Waals surface area contributed by atoms with Crippen molar-refractivity contribution in [3.63, 3.8) is 0 Å². The van der Waals surface area contributed by atoms with E-state index in [1.807, 2.05) is 73.8 Å². The standard InChI is InChI=1S/C38H44ClFN6O4Si/c1-24-35(51(2,3)40)34(16-18-45-22-32(43-44-45)29(23-47)26-10-5-4-6-11-26)50-38(24)30-20-27(39)14-15-33(30)46(37(38)49)21-25-9-7-12-28(19-25)42-36(48)31-13-8-17-41-31/h4-7,9-12,14-15,19-20,22,24,29,31,34-35,41,47H,8,13,16-18,21,23H2,1-3H3,(H,42,48)/t24-,29?,31-,34+,35-,38+/m1/s1. The lowest BCUT2D eigenvalue weighted by atomic mass is 9.82. The van der Waals surface area contributed by atoms with E-state index >= 15 is 4.11 Å². The molecular formula is C38H44ClFN6O4Si. The number of fused-ring (bicyclic) bond motifs is 2. The summed E-state index contributed by atoms with van der Waals surface area (Å²) in [6.07, 6.45) is 3.42. The molecule has 3 aromatic carbocycles. The molecule has 4 aromatic rings. The summed E-state index contributed by atoms with van der Waals surface area (Å²) in [5, 5.41) is 25.5. The number of hydrogen-bond acceptors (Lipinski definition) is 7. The molecule has 0 saturated carbocycles. The number of carbonyl (C=O) groups is 2. The first-order valence-corrected chi connectivity index (χ1v) is 21.0. The SMILES string of the molecule is C[C@@H]1[C@@H]([Si](C)(C)F)[C@H](CCn2cc(C(CO)c3ccccc3)nn2)O[C@@]12C(=O)N(Cc1cccc(NC(=O)[C@H]3CCCN3)c1)c1ccc(Cl)cc12. The number of amides is 2. The number of nitrogens with one attached hydrogen (secondary N) is 2. The molecule has 2 saturated heterocycles. The van der Waals surface area contributed by atoms with E-state index < -0.39 is 31.6 Å². The van der Waals surface area contributed by atoms with Crippen LogP contribution < -0.4 is 15.5 Å². The van der Waals surface area contributed by atoms with E-state index in [1.54, 1.807) is 34.8 Å². The second kappa shape index (κ2) is 14.2. The van der Waals surface area contributed by atoms with Crippen molar-refractivity contribution in [3.05, 3.63) is 106 Å². The largest absolute Gasteiger partial charge is 0.395 e. The van der Waals surface area contributed by atoms with Crippen molar-refractivity contribution >= 4 is 43.2 Å². The fraction of sp³-hybridized carbons (Fsp3) is 0.421. The van der Waals surface area contributed by atoms with Crippen LogP contribution in [0, 0.1) is 5.92 Å². The predicted molar refractivity (Wildman–Crippen MR) is 197 cm³/mol. The summed E-state index contributed by atoms with van der Waals surface area (Å²) in [7, 11) is -3.39. The Bertz CT molecular complexity index is 1900. The van der Waals surface area contributed by atoms with Crippen LogP contribution in [0.3, 0.4) is 0 Å². The average Bonchev–Trinajstić information content (AvgIpc) is 3.90. The maximum absolute atomic E-state index is 16.4. The molecule has 1 unspecified atom stereocenters. The lowest BCUT2D eigenvalue weighted by Gasteiger charge is -2.31. The number of aromatic nitrogens is 3. The van der Waals surface area contributed by atoms with Crippen LogP contribution in [0.5, 0.6) is 0 Å². The molecule has 2 amide bonds. The summed E-state index contributed by atoms with van der Waals surface area (Å²) in [4.78, 5) is 29.3. The van der Waals surface area contributed by atoms with E-state index in [0.29, 0.717) is 40.6 Å². The maximum Gasteiger partial charge on any atom is 0.264 e. The highest BCUT2D eigenvalue weighted by Crippen LogP contribution is 2.60. The van der Waals surface area contributed by atoms with Crippen LogP contribution in [-0.4, -0.2) is 65.6 Å². The van der Waals surface area contributed by atoms with Gasteiger partial charge in [-0.2, -0.15) is 0 Å². The Balaban J connectivity index is 1.14. The van der Waals surface area contributed by atoms with Gasteiger partial charge in [-0.25, -0.2) is 0 Å². The first-order valence-electron chi connectivity index (χ1n) is 17.7. The second-order valence-electron chi connectivity index (χ2n) is 14.5. The van der Waals surface area contributed by atoms with Gasteiger partial charge in [-0.05, 0) is 80.4 Å².